The molecule has 3 aromatic rings. The van der Waals surface area contributed by atoms with Crippen LogP contribution in [0.4, 0.5) is 0 Å². The third kappa shape index (κ3) is 2.90. The molecule has 120 valence electrons. The summed E-state index contributed by atoms with van der Waals surface area (Å²) < 4.78 is 0. The molecule has 0 fully saturated rings. The Morgan fingerprint density at radius 1 is 1.30 bits per heavy atom. The summed E-state index contributed by atoms with van der Waals surface area (Å²) in [4.78, 5) is 16.3. The summed E-state index contributed by atoms with van der Waals surface area (Å²) in [6.07, 6.45) is 2.72. The Hall–Kier alpha value is -2.11. The van der Waals surface area contributed by atoms with Crippen molar-refractivity contribution in [1.29, 1.82) is 0 Å². The van der Waals surface area contributed by atoms with Gasteiger partial charge in [-0.15, -0.1) is 11.3 Å². The number of unbranched alkanes of at least 4 members (excludes halogenated alkanes) is 1. The predicted molar refractivity (Wildman–Crippen MR) is 95.3 cm³/mol. The molecule has 0 saturated heterocycles. The summed E-state index contributed by atoms with van der Waals surface area (Å²) in [5.41, 5.74) is 10.1. The van der Waals surface area contributed by atoms with E-state index in [0.717, 1.165) is 51.9 Å². The third-order valence-corrected chi connectivity index (χ3v) is 5.03. The van der Waals surface area contributed by atoms with Crippen molar-refractivity contribution in [2.75, 3.05) is 6.54 Å². The fourth-order valence-corrected chi connectivity index (χ4v) is 3.77. The van der Waals surface area contributed by atoms with E-state index in [1.54, 1.807) is 17.4 Å². The number of thiophene rings is 1. The van der Waals surface area contributed by atoms with Gasteiger partial charge >= 0.3 is 5.97 Å². The molecule has 0 aliphatic carbocycles. The maximum atomic E-state index is 11.7. The van der Waals surface area contributed by atoms with E-state index in [2.05, 4.69) is 11.1 Å². The molecule has 4 N–H and O–H groups in total. The van der Waals surface area contributed by atoms with E-state index in [1.807, 2.05) is 24.4 Å². The van der Waals surface area contributed by atoms with Crippen LogP contribution < -0.4 is 5.73 Å². The number of hydrogen-bond donors (Lipinski definition) is 3. The molecule has 0 saturated carbocycles. The predicted octanol–water partition coefficient (Wildman–Crippen LogP) is 4.18. The highest BCUT2D eigenvalue weighted by molar-refractivity contribution is 7.13. The SMILES string of the molecule is Cc1ccc(C(=O)O)c2c(CCCCN)c(-c3cccs3)[nH]c12. The zero-order valence-electron chi connectivity index (χ0n) is 13.1. The number of aromatic amines is 1. The van der Waals surface area contributed by atoms with Crippen LogP contribution in [0.5, 0.6) is 0 Å². The Kier molecular flexibility index (Phi) is 4.50. The van der Waals surface area contributed by atoms with Crippen molar-refractivity contribution in [3.05, 3.63) is 46.3 Å². The molecule has 0 amide bonds. The van der Waals surface area contributed by atoms with Crippen LogP contribution >= 0.6 is 11.3 Å². The van der Waals surface area contributed by atoms with Gasteiger partial charge in [0.1, 0.15) is 0 Å². The molecule has 0 unspecified atom stereocenters. The monoisotopic (exact) mass is 328 g/mol. The number of aryl methyl sites for hydroxylation is 2. The Morgan fingerprint density at radius 3 is 2.78 bits per heavy atom. The number of benzene rings is 1. The Morgan fingerprint density at radius 2 is 2.13 bits per heavy atom. The molecule has 0 atom stereocenters. The average Bonchev–Trinajstić information content (AvgIpc) is 3.15. The summed E-state index contributed by atoms with van der Waals surface area (Å²) in [7, 11) is 0. The van der Waals surface area contributed by atoms with Gasteiger partial charge in [0, 0.05) is 10.9 Å². The van der Waals surface area contributed by atoms with Gasteiger partial charge in [-0.3, -0.25) is 0 Å². The number of rotatable bonds is 6. The number of hydrogen-bond acceptors (Lipinski definition) is 3. The molecule has 4 nitrogen and oxygen atoms in total. The number of nitrogens with one attached hydrogen (secondary N) is 1. The minimum Gasteiger partial charge on any atom is -0.478 e. The van der Waals surface area contributed by atoms with Crippen molar-refractivity contribution in [1.82, 2.24) is 4.98 Å². The zero-order valence-corrected chi connectivity index (χ0v) is 13.9. The number of nitrogens with two attached hydrogens (primary N) is 1. The quantitative estimate of drug-likeness (QED) is 0.594. The molecule has 0 radical (unpaired) electrons. The highest BCUT2D eigenvalue weighted by atomic mass is 32.1. The third-order valence-electron chi connectivity index (χ3n) is 4.15. The van der Waals surface area contributed by atoms with Crippen molar-refractivity contribution < 1.29 is 9.90 Å². The van der Waals surface area contributed by atoms with Gasteiger partial charge in [0.05, 0.1) is 16.1 Å². The molecule has 3 rings (SSSR count). The summed E-state index contributed by atoms with van der Waals surface area (Å²) in [5, 5.41) is 12.5. The topological polar surface area (TPSA) is 79.1 Å². The molecule has 2 heterocycles. The Labute approximate surface area is 139 Å². The molecule has 23 heavy (non-hydrogen) atoms. The number of carboxylic acid groups (broad SMARTS) is 1. The van der Waals surface area contributed by atoms with E-state index < -0.39 is 5.97 Å². The second-order valence-corrected chi connectivity index (χ2v) is 6.63. The van der Waals surface area contributed by atoms with Crippen LogP contribution in [0.2, 0.25) is 0 Å². The van der Waals surface area contributed by atoms with Crippen LogP contribution in [0.1, 0.15) is 34.3 Å². The smallest absolute Gasteiger partial charge is 0.336 e. The standard InChI is InChI=1S/C18H20N2O2S/c1-11-7-8-13(18(21)22)15-12(5-2-3-9-19)17(20-16(11)15)14-6-4-10-23-14/h4,6-8,10,20H,2-3,5,9,19H2,1H3,(H,21,22). The molecule has 0 spiro atoms. The summed E-state index contributed by atoms with van der Waals surface area (Å²) >= 11 is 1.66. The van der Waals surface area contributed by atoms with Crippen LogP contribution in [0, 0.1) is 6.92 Å². The molecular formula is C18H20N2O2S. The van der Waals surface area contributed by atoms with Gasteiger partial charge in [-0.1, -0.05) is 12.1 Å². The molecular weight excluding hydrogens is 308 g/mol. The van der Waals surface area contributed by atoms with Crippen LogP contribution in [0.15, 0.2) is 29.6 Å². The number of aromatic nitrogens is 1. The average molecular weight is 328 g/mol. The number of fused-ring (bicyclic) bond motifs is 1. The first kappa shape index (κ1) is 15.8. The van der Waals surface area contributed by atoms with Gasteiger partial charge in [-0.05, 0) is 61.4 Å². The first-order valence-corrected chi connectivity index (χ1v) is 8.63. The minimum atomic E-state index is -0.883. The summed E-state index contributed by atoms with van der Waals surface area (Å²) in [6.45, 7) is 2.66. The highest BCUT2D eigenvalue weighted by Gasteiger charge is 2.20. The molecule has 5 heteroatoms. The lowest BCUT2D eigenvalue weighted by atomic mass is 9.98. The van der Waals surface area contributed by atoms with E-state index >= 15 is 0 Å². The van der Waals surface area contributed by atoms with Crippen LogP contribution in [-0.2, 0) is 6.42 Å². The summed E-state index contributed by atoms with van der Waals surface area (Å²) in [5.74, 6) is -0.883. The van der Waals surface area contributed by atoms with Crippen LogP contribution in [0.25, 0.3) is 21.5 Å². The number of H-pyrrole nitrogens is 1. The maximum Gasteiger partial charge on any atom is 0.336 e. The Balaban J connectivity index is 2.25. The first-order chi connectivity index (χ1) is 11.1. The van der Waals surface area contributed by atoms with E-state index in [4.69, 9.17) is 5.73 Å². The molecule has 1 aromatic carbocycles. The lowest BCUT2D eigenvalue weighted by Crippen LogP contribution is -2.01. The van der Waals surface area contributed by atoms with Crippen molar-refractivity contribution in [3.8, 4) is 10.6 Å². The fraction of sp³-hybridized carbons (Fsp3) is 0.278. The molecule has 0 aliphatic rings. The fourth-order valence-electron chi connectivity index (χ4n) is 3.01. The number of aromatic carboxylic acids is 1. The second-order valence-electron chi connectivity index (χ2n) is 5.69. The molecule has 0 bridgehead atoms. The van der Waals surface area contributed by atoms with Gasteiger partial charge in [-0.25, -0.2) is 4.79 Å². The normalized spacial score (nSPS) is 11.2. The second kappa shape index (κ2) is 6.56. The Bertz CT molecular complexity index is 834. The summed E-state index contributed by atoms with van der Waals surface area (Å²) in [6, 6.07) is 7.65. The van der Waals surface area contributed by atoms with E-state index in [0.29, 0.717) is 12.1 Å². The van der Waals surface area contributed by atoms with Crippen molar-refractivity contribution in [2.24, 2.45) is 5.73 Å². The van der Waals surface area contributed by atoms with Gasteiger partial charge < -0.3 is 15.8 Å². The van der Waals surface area contributed by atoms with E-state index in [9.17, 15) is 9.90 Å². The largest absolute Gasteiger partial charge is 0.478 e. The lowest BCUT2D eigenvalue weighted by Gasteiger charge is -2.06. The number of carbonyl (C=O) groups is 1. The molecule has 0 aliphatic heterocycles. The van der Waals surface area contributed by atoms with Gasteiger partial charge in [0.2, 0.25) is 0 Å². The van der Waals surface area contributed by atoms with Crippen molar-refractivity contribution in [3.63, 3.8) is 0 Å². The van der Waals surface area contributed by atoms with E-state index in [-0.39, 0.29) is 0 Å². The van der Waals surface area contributed by atoms with Crippen LogP contribution in [-0.4, -0.2) is 22.6 Å². The van der Waals surface area contributed by atoms with Crippen LogP contribution in [0.3, 0.4) is 0 Å². The van der Waals surface area contributed by atoms with Gasteiger partial charge in [-0.2, -0.15) is 0 Å². The maximum absolute atomic E-state index is 11.7. The zero-order chi connectivity index (χ0) is 16.4. The minimum absolute atomic E-state index is 0.368. The highest BCUT2D eigenvalue weighted by Crippen LogP contribution is 2.37. The van der Waals surface area contributed by atoms with Crippen molar-refractivity contribution in [2.45, 2.75) is 26.2 Å². The van der Waals surface area contributed by atoms with Crippen molar-refractivity contribution >= 4 is 28.2 Å². The van der Waals surface area contributed by atoms with E-state index in [1.165, 1.54) is 0 Å². The lowest BCUT2D eigenvalue weighted by molar-refractivity contribution is 0.0699. The first-order valence-electron chi connectivity index (χ1n) is 7.75. The van der Waals surface area contributed by atoms with Gasteiger partial charge in [0.15, 0.2) is 0 Å². The van der Waals surface area contributed by atoms with Gasteiger partial charge in [0.25, 0.3) is 0 Å². The molecule has 2 aromatic heterocycles. The number of carboxylic acids is 1.